The zero-order chi connectivity index (χ0) is 13.2. The molecule has 0 spiro atoms. The first-order valence-electron chi connectivity index (χ1n) is 5.96. The van der Waals surface area contributed by atoms with E-state index in [2.05, 4.69) is 10.6 Å². The summed E-state index contributed by atoms with van der Waals surface area (Å²) in [5.74, 6) is 0.464. The molecule has 2 heterocycles. The lowest BCUT2D eigenvalue weighted by atomic mass is 10.1. The number of rotatable bonds is 3. The van der Waals surface area contributed by atoms with Crippen LogP contribution in [0, 0.1) is 0 Å². The van der Waals surface area contributed by atoms with Gasteiger partial charge in [-0.1, -0.05) is 6.07 Å². The average molecular weight is 256 g/mol. The van der Waals surface area contributed by atoms with Crippen molar-refractivity contribution in [2.75, 3.05) is 5.32 Å². The molecule has 19 heavy (non-hydrogen) atoms. The Morgan fingerprint density at radius 3 is 3.05 bits per heavy atom. The summed E-state index contributed by atoms with van der Waals surface area (Å²) in [6.45, 7) is 0.343. The summed E-state index contributed by atoms with van der Waals surface area (Å²) in [4.78, 5) is 23.2. The van der Waals surface area contributed by atoms with Crippen LogP contribution >= 0.6 is 0 Å². The molecule has 0 saturated carbocycles. The predicted octanol–water partition coefficient (Wildman–Crippen LogP) is 1.70. The molecule has 0 fully saturated rings. The molecule has 2 aromatic rings. The molecule has 0 atom stereocenters. The van der Waals surface area contributed by atoms with Gasteiger partial charge < -0.3 is 15.1 Å². The number of hydrogen-bond acceptors (Lipinski definition) is 3. The van der Waals surface area contributed by atoms with E-state index in [1.165, 1.54) is 0 Å². The van der Waals surface area contributed by atoms with E-state index in [1.807, 2.05) is 0 Å². The number of anilines is 1. The van der Waals surface area contributed by atoms with E-state index >= 15 is 0 Å². The van der Waals surface area contributed by atoms with Crippen molar-refractivity contribution in [3.8, 4) is 0 Å². The molecule has 0 aliphatic carbocycles. The van der Waals surface area contributed by atoms with Crippen molar-refractivity contribution >= 4 is 17.5 Å². The van der Waals surface area contributed by atoms with E-state index < -0.39 is 0 Å². The molecule has 0 saturated heterocycles. The lowest BCUT2D eigenvalue weighted by molar-refractivity contribution is -0.115. The minimum Gasteiger partial charge on any atom is -0.467 e. The second kappa shape index (κ2) is 4.61. The van der Waals surface area contributed by atoms with Gasteiger partial charge in [-0.3, -0.25) is 9.59 Å². The van der Waals surface area contributed by atoms with E-state index in [-0.39, 0.29) is 11.8 Å². The summed E-state index contributed by atoms with van der Waals surface area (Å²) in [7, 11) is 0. The summed E-state index contributed by atoms with van der Waals surface area (Å²) in [5.41, 5.74) is 2.16. The van der Waals surface area contributed by atoms with Gasteiger partial charge in [0, 0.05) is 11.3 Å². The van der Waals surface area contributed by atoms with Crippen molar-refractivity contribution in [1.29, 1.82) is 0 Å². The summed E-state index contributed by atoms with van der Waals surface area (Å²) < 4.78 is 5.14. The molecule has 0 bridgehead atoms. The first-order chi connectivity index (χ1) is 9.22. The quantitative estimate of drug-likeness (QED) is 0.878. The Bertz CT molecular complexity index is 632. The number of furan rings is 1. The molecule has 1 aromatic heterocycles. The van der Waals surface area contributed by atoms with Crippen LogP contribution in [0.15, 0.2) is 41.0 Å². The third-order valence-electron chi connectivity index (χ3n) is 3.00. The Morgan fingerprint density at radius 2 is 2.26 bits per heavy atom. The third kappa shape index (κ3) is 2.35. The molecule has 1 aliphatic heterocycles. The van der Waals surface area contributed by atoms with E-state index in [1.54, 1.807) is 36.6 Å². The van der Waals surface area contributed by atoms with Crippen LogP contribution in [0.3, 0.4) is 0 Å². The van der Waals surface area contributed by atoms with Crippen LogP contribution in [0.1, 0.15) is 21.7 Å². The van der Waals surface area contributed by atoms with Gasteiger partial charge in [0.2, 0.25) is 5.91 Å². The largest absolute Gasteiger partial charge is 0.467 e. The normalized spacial score (nSPS) is 12.9. The predicted molar refractivity (Wildman–Crippen MR) is 68.7 cm³/mol. The Hall–Kier alpha value is -2.56. The Kier molecular flexibility index (Phi) is 2.79. The first kappa shape index (κ1) is 11.5. The molecule has 1 aliphatic rings. The van der Waals surface area contributed by atoms with Gasteiger partial charge in [0.05, 0.1) is 19.2 Å². The van der Waals surface area contributed by atoms with Crippen LogP contribution in [0.5, 0.6) is 0 Å². The van der Waals surface area contributed by atoms with Gasteiger partial charge in [-0.05, 0) is 29.8 Å². The number of benzene rings is 1. The number of fused-ring (bicyclic) bond motifs is 1. The second-order valence-electron chi connectivity index (χ2n) is 4.36. The molecule has 3 rings (SSSR count). The SMILES string of the molecule is O=C1Cc2ccc(C(=O)NCc3ccco3)cc2N1. The summed E-state index contributed by atoms with van der Waals surface area (Å²) in [6, 6.07) is 8.78. The summed E-state index contributed by atoms with van der Waals surface area (Å²) >= 11 is 0. The molecular formula is C14H12N2O3. The Labute approximate surface area is 109 Å². The number of hydrogen-bond donors (Lipinski definition) is 2. The van der Waals surface area contributed by atoms with Gasteiger partial charge in [0.25, 0.3) is 5.91 Å². The Morgan fingerprint density at radius 1 is 1.37 bits per heavy atom. The highest BCUT2D eigenvalue weighted by molar-refractivity contribution is 6.02. The van der Waals surface area contributed by atoms with Crippen molar-refractivity contribution in [2.45, 2.75) is 13.0 Å². The molecule has 5 nitrogen and oxygen atoms in total. The van der Waals surface area contributed by atoms with Crippen LogP contribution in [-0.2, 0) is 17.8 Å². The van der Waals surface area contributed by atoms with Gasteiger partial charge in [-0.25, -0.2) is 0 Å². The minimum absolute atomic E-state index is 0.0388. The molecule has 5 heteroatoms. The highest BCUT2D eigenvalue weighted by Gasteiger charge is 2.18. The molecule has 1 aromatic carbocycles. The molecule has 2 amide bonds. The number of amides is 2. The monoisotopic (exact) mass is 256 g/mol. The molecule has 2 N–H and O–H groups in total. The van der Waals surface area contributed by atoms with Crippen LogP contribution in [-0.4, -0.2) is 11.8 Å². The fraction of sp³-hybridized carbons (Fsp3) is 0.143. The average Bonchev–Trinajstić information content (AvgIpc) is 3.02. The maximum absolute atomic E-state index is 12.0. The van der Waals surface area contributed by atoms with Crippen molar-refractivity contribution in [3.05, 3.63) is 53.5 Å². The second-order valence-corrected chi connectivity index (χ2v) is 4.36. The van der Waals surface area contributed by atoms with Crippen LogP contribution in [0.25, 0.3) is 0 Å². The zero-order valence-electron chi connectivity index (χ0n) is 10.1. The van der Waals surface area contributed by atoms with Crippen molar-refractivity contribution in [2.24, 2.45) is 0 Å². The first-order valence-corrected chi connectivity index (χ1v) is 5.96. The molecule has 0 unspecified atom stereocenters. The van der Waals surface area contributed by atoms with E-state index in [0.717, 1.165) is 11.3 Å². The highest BCUT2D eigenvalue weighted by Crippen LogP contribution is 2.23. The highest BCUT2D eigenvalue weighted by atomic mass is 16.3. The van der Waals surface area contributed by atoms with Crippen molar-refractivity contribution in [3.63, 3.8) is 0 Å². The van der Waals surface area contributed by atoms with Crippen LogP contribution < -0.4 is 10.6 Å². The van der Waals surface area contributed by atoms with Gasteiger partial charge in [0.1, 0.15) is 5.76 Å². The van der Waals surface area contributed by atoms with E-state index in [0.29, 0.717) is 24.3 Å². The van der Waals surface area contributed by atoms with Crippen molar-refractivity contribution in [1.82, 2.24) is 5.32 Å². The van der Waals surface area contributed by atoms with Crippen molar-refractivity contribution < 1.29 is 14.0 Å². The maximum atomic E-state index is 12.0. The number of carbonyl (C=O) groups is 2. The van der Waals surface area contributed by atoms with E-state index in [9.17, 15) is 9.59 Å². The van der Waals surface area contributed by atoms with E-state index in [4.69, 9.17) is 4.42 Å². The topological polar surface area (TPSA) is 71.3 Å². The Balaban J connectivity index is 1.70. The van der Waals surface area contributed by atoms with Gasteiger partial charge >= 0.3 is 0 Å². The lowest BCUT2D eigenvalue weighted by Gasteiger charge is -2.05. The standard InChI is InChI=1S/C14H12N2O3/c17-13-7-9-3-4-10(6-12(9)16-13)14(18)15-8-11-2-1-5-19-11/h1-6H,7-8H2,(H,15,18)(H,16,17). The molecule has 96 valence electrons. The summed E-state index contributed by atoms with van der Waals surface area (Å²) in [5, 5.41) is 5.48. The van der Waals surface area contributed by atoms with Gasteiger partial charge in [0.15, 0.2) is 0 Å². The van der Waals surface area contributed by atoms with Crippen LogP contribution in [0.4, 0.5) is 5.69 Å². The molecular weight excluding hydrogens is 244 g/mol. The fourth-order valence-electron chi connectivity index (χ4n) is 2.04. The van der Waals surface area contributed by atoms with Gasteiger partial charge in [-0.2, -0.15) is 0 Å². The fourth-order valence-corrected chi connectivity index (χ4v) is 2.04. The smallest absolute Gasteiger partial charge is 0.251 e. The third-order valence-corrected chi connectivity index (χ3v) is 3.00. The minimum atomic E-state index is -0.194. The van der Waals surface area contributed by atoms with Crippen LogP contribution in [0.2, 0.25) is 0 Å². The summed E-state index contributed by atoms with van der Waals surface area (Å²) in [6.07, 6.45) is 1.94. The maximum Gasteiger partial charge on any atom is 0.251 e. The number of carbonyl (C=O) groups excluding carboxylic acids is 2. The van der Waals surface area contributed by atoms with Gasteiger partial charge in [-0.15, -0.1) is 0 Å². The lowest BCUT2D eigenvalue weighted by Crippen LogP contribution is -2.22. The molecule has 0 radical (unpaired) electrons. The number of nitrogens with one attached hydrogen (secondary N) is 2. The zero-order valence-corrected chi connectivity index (χ0v) is 10.1.